The largest absolute Gasteiger partial charge is 0.481 e. The molecule has 0 bridgehead atoms. The van der Waals surface area contributed by atoms with Gasteiger partial charge in [-0.1, -0.05) is 47.5 Å². The molecule has 1 unspecified atom stereocenters. The lowest BCUT2D eigenvalue weighted by molar-refractivity contribution is -0.122. The first-order valence-electron chi connectivity index (χ1n) is 6.04. The van der Waals surface area contributed by atoms with Crippen LogP contribution in [-0.2, 0) is 4.79 Å². The molecule has 104 valence electrons. The van der Waals surface area contributed by atoms with Gasteiger partial charge < -0.3 is 10.1 Å². The van der Waals surface area contributed by atoms with E-state index in [1.165, 1.54) is 0 Å². The predicted molar refractivity (Wildman–Crippen MR) is 81.6 cm³/mol. The van der Waals surface area contributed by atoms with E-state index >= 15 is 0 Å². The standard InChI is InChI=1S/C15H13Cl2NO2/c1-10(20-11-6-3-2-4-7-11)15(19)18-14-12(16)8-5-9-13(14)17/h2-10H,1H3,(H,18,19). The van der Waals surface area contributed by atoms with Crippen molar-refractivity contribution in [1.82, 2.24) is 0 Å². The van der Waals surface area contributed by atoms with E-state index in [9.17, 15) is 4.79 Å². The van der Waals surface area contributed by atoms with Crippen LogP contribution in [0.15, 0.2) is 48.5 Å². The second-order valence-electron chi connectivity index (χ2n) is 4.16. The van der Waals surface area contributed by atoms with E-state index in [0.29, 0.717) is 21.5 Å². The van der Waals surface area contributed by atoms with Gasteiger partial charge in [0.15, 0.2) is 6.10 Å². The summed E-state index contributed by atoms with van der Waals surface area (Å²) in [6.07, 6.45) is -0.662. The van der Waals surface area contributed by atoms with Gasteiger partial charge in [0.1, 0.15) is 5.75 Å². The first-order chi connectivity index (χ1) is 9.58. The summed E-state index contributed by atoms with van der Waals surface area (Å²) in [5, 5.41) is 3.44. The number of nitrogens with one attached hydrogen (secondary N) is 1. The second-order valence-corrected chi connectivity index (χ2v) is 4.97. The number of ether oxygens (including phenoxy) is 1. The average molecular weight is 310 g/mol. The highest BCUT2D eigenvalue weighted by atomic mass is 35.5. The molecule has 0 radical (unpaired) electrons. The van der Waals surface area contributed by atoms with Crippen molar-refractivity contribution in [2.75, 3.05) is 5.32 Å². The Morgan fingerprint density at radius 3 is 2.25 bits per heavy atom. The molecule has 1 amide bonds. The molecular weight excluding hydrogens is 297 g/mol. The Hall–Kier alpha value is -1.71. The van der Waals surface area contributed by atoms with E-state index < -0.39 is 6.10 Å². The molecule has 2 rings (SSSR count). The second kappa shape index (κ2) is 6.64. The molecule has 0 saturated carbocycles. The van der Waals surface area contributed by atoms with E-state index in [2.05, 4.69) is 5.32 Å². The number of para-hydroxylation sites is 2. The number of carbonyl (C=O) groups excluding carboxylic acids is 1. The van der Waals surface area contributed by atoms with Gasteiger partial charge in [0.2, 0.25) is 0 Å². The Morgan fingerprint density at radius 1 is 1.05 bits per heavy atom. The maximum absolute atomic E-state index is 12.1. The van der Waals surface area contributed by atoms with Gasteiger partial charge in [-0.15, -0.1) is 0 Å². The van der Waals surface area contributed by atoms with Crippen LogP contribution in [0, 0.1) is 0 Å². The molecule has 0 spiro atoms. The Kier molecular flexibility index (Phi) is 4.88. The Bertz CT molecular complexity index is 582. The van der Waals surface area contributed by atoms with Crippen LogP contribution in [0.5, 0.6) is 5.75 Å². The van der Waals surface area contributed by atoms with Crippen molar-refractivity contribution in [3.63, 3.8) is 0 Å². The summed E-state index contributed by atoms with van der Waals surface area (Å²) in [5.41, 5.74) is 0.393. The first-order valence-corrected chi connectivity index (χ1v) is 6.80. The molecule has 5 heteroatoms. The highest BCUT2D eigenvalue weighted by molar-refractivity contribution is 6.39. The van der Waals surface area contributed by atoms with Gasteiger partial charge >= 0.3 is 0 Å². The van der Waals surface area contributed by atoms with Crippen LogP contribution in [0.4, 0.5) is 5.69 Å². The molecule has 0 aliphatic carbocycles. The monoisotopic (exact) mass is 309 g/mol. The SMILES string of the molecule is CC(Oc1ccccc1)C(=O)Nc1c(Cl)cccc1Cl. The number of halogens is 2. The van der Waals surface area contributed by atoms with Crippen LogP contribution in [0.3, 0.4) is 0 Å². The van der Waals surface area contributed by atoms with E-state index in [0.717, 1.165) is 0 Å². The summed E-state index contributed by atoms with van der Waals surface area (Å²) in [4.78, 5) is 12.1. The lowest BCUT2D eigenvalue weighted by Gasteiger charge is -2.15. The van der Waals surface area contributed by atoms with Crippen molar-refractivity contribution in [3.05, 3.63) is 58.6 Å². The van der Waals surface area contributed by atoms with Crippen LogP contribution in [0.2, 0.25) is 10.0 Å². The van der Waals surface area contributed by atoms with Crippen LogP contribution in [0.25, 0.3) is 0 Å². The van der Waals surface area contributed by atoms with Gasteiger partial charge in [-0.3, -0.25) is 4.79 Å². The van der Waals surface area contributed by atoms with Crippen molar-refractivity contribution in [2.24, 2.45) is 0 Å². The van der Waals surface area contributed by atoms with Gasteiger partial charge in [0.25, 0.3) is 5.91 Å². The maximum atomic E-state index is 12.1. The fourth-order valence-corrected chi connectivity index (χ4v) is 2.09. The highest BCUT2D eigenvalue weighted by Crippen LogP contribution is 2.30. The third-order valence-electron chi connectivity index (χ3n) is 2.64. The third-order valence-corrected chi connectivity index (χ3v) is 3.27. The lowest BCUT2D eigenvalue weighted by atomic mass is 10.3. The van der Waals surface area contributed by atoms with Gasteiger partial charge in [-0.05, 0) is 31.2 Å². The van der Waals surface area contributed by atoms with Crippen molar-refractivity contribution < 1.29 is 9.53 Å². The summed E-state index contributed by atoms with van der Waals surface area (Å²) in [6, 6.07) is 14.1. The average Bonchev–Trinajstić information content (AvgIpc) is 2.44. The first kappa shape index (κ1) is 14.7. The van der Waals surface area contributed by atoms with Crippen molar-refractivity contribution in [3.8, 4) is 5.75 Å². The zero-order chi connectivity index (χ0) is 14.5. The van der Waals surface area contributed by atoms with Crippen molar-refractivity contribution >= 4 is 34.8 Å². The molecule has 20 heavy (non-hydrogen) atoms. The van der Waals surface area contributed by atoms with Gasteiger partial charge in [-0.2, -0.15) is 0 Å². The minimum atomic E-state index is -0.662. The Balaban J connectivity index is 2.05. The number of hydrogen-bond donors (Lipinski definition) is 1. The smallest absolute Gasteiger partial charge is 0.265 e. The molecule has 1 N–H and O–H groups in total. The Labute approximate surface area is 127 Å². The number of hydrogen-bond acceptors (Lipinski definition) is 2. The van der Waals surface area contributed by atoms with E-state index in [1.807, 2.05) is 18.2 Å². The van der Waals surface area contributed by atoms with Gasteiger partial charge in [0.05, 0.1) is 15.7 Å². The zero-order valence-corrected chi connectivity index (χ0v) is 12.3. The molecule has 0 aromatic heterocycles. The number of benzene rings is 2. The summed E-state index contributed by atoms with van der Waals surface area (Å²) in [6.45, 7) is 1.66. The minimum absolute atomic E-state index is 0.316. The van der Waals surface area contributed by atoms with Gasteiger partial charge in [-0.25, -0.2) is 0 Å². The highest BCUT2D eigenvalue weighted by Gasteiger charge is 2.17. The molecular formula is C15H13Cl2NO2. The number of amides is 1. The van der Waals surface area contributed by atoms with E-state index in [1.54, 1.807) is 37.3 Å². The molecule has 0 aliphatic heterocycles. The zero-order valence-electron chi connectivity index (χ0n) is 10.8. The number of anilines is 1. The summed E-state index contributed by atoms with van der Waals surface area (Å²) in [7, 11) is 0. The third kappa shape index (κ3) is 3.65. The van der Waals surface area contributed by atoms with Crippen LogP contribution >= 0.6 is 23.2 Å². The molecule has 0 saturated heterocycles. The number of carbonyl (C=O) groups is 1. The number of rotatable bonds is 4. The molecule has 1 atom stereocenters. The van der Waals surface area contributed by atoms with E-state index in [-0.39, 0.29) is 5.91 Å². The predicted octanol–water partition coefficient (Wildman–Crippen LogP) is 4.40. The molecule has 0 heterocycles. The van der Waals surface area contributed by atoms with Crippen LogP contribution in [0.1, 0.15) is 6.92 Å². The quantitative estimate of drug-likeness (QED) is 0.909. The summed E-state index contributed by atoms with van der Waals surface area (Å²) in [5.74, 6) is 0.309. The summed E-state index contributed by atoms with van der Waals surface area (Å²) >= 11 is 12.0. The normalized spacial score (nSPS) is 11.8. The maximum Gasteiger partial charge on any atom is 0.265 e. The van der Waals surface area contributed by atoms with E-state index in [4.69, 9.17) is 27.9 Å². The van der Waals surface area contributed by atoms with Crippen LogP contribution < -0.4 is 10.1 Å². The van der Waals surface area contributed by atoms with Gasteiger partial charge in [0, 0.05) is 0 Å². The van der Waals surface area contributed by atoms with Crippen molar-refractivity contribution in [1.29, 1.82) is 0 Å². The minimum Gasteiger partial charge on any atom is -0.481 e. The fourth-order valence-electron chi connectivity index (χ4n) is 1.60. The molecule has 2 aromatic rings. The molecule has 0 aliphatic rings. The van der Waals surface area contributed by atoms with Crippen LogP contribution in [-0.4, -0.2) is 12.0 Å². The Morgan fingerprint density at radius 2 is 1.65 bits per heavy atom. The molecule has 0 fully saturated rings. The van der Waals surface area contributed by atoms with Crippen molar-refractivity contribution in [2.45, 2.75) is 13.0 Å². The lowest BCUT2D eigenvalue weighted by Crippen LogP contribution is -2.30. The topological polar surface area (TPSA) is 38.3 Å². The molecule has 3 nitrogen and oxygen atoms in total. The fraction of sp³-hybridized carbons (Fsp3) is 0.133. The molecule has 2 aromatic carbocycles. The summed E-state index contributed by atoms with van der Waals surface area (Å²) < 4.78 is 5.53.